The summed E-state index contributed by atoms with van der Waals surface area (Å²) in [5.41, 5.74) is 0.0162. The van der Waals surface area contributed by atoms with Gasteiger partial charge in [-0.25, -0.2) is 4.98 Å². The minimum atomic E-state index is -0.402. The molecule has 104 valence electrons. The molecule has 2 aromatic rings. The second-order valence-electron chi connectivity index (χ2n) is 4.93. The zero-order valence-corrected chi connectivity index (χ0v) is 11.7. The van der Waals surface area contributed by atoms with E-state index in [-0.39, 0.29) is 11.3 Å². The highest BCUT2D eigenvalue weighted by molar-refractivity contribution is 7.99. The molecule has 1 atom stereocenters. The van der Waals surface area contributed by atoms with Crippen molar-refractivity contribution in [2.24, 2.45) is 0 Å². The number of hydrogen-bond acceptors (Lipinski definition) is 5. The van der Waals surface area contributed by atoms with Crippen LogP contribution < -0.4 is 0 Å². The molecule has 0 aliphatic carbocycles. The fourth-order valence-corrected chi connectivity index (χ4v) is 2.68. The van der Waals surface area contributed by atoms with E-state index in [1.807, 2.05) is 10.8 Å². The molecule has 20 heavy (non-hydrogen) atoms. The Kier molecular flexibility index (Phi) is 3.23. The predicted octanol–water partition coefficient (Wildman–Crippen LogP) is 2.73. The molecule has 0 unspecified atom stereocenters. The number of epoxide rings is 1. The van der Waals surface area contributed by atoms with Crippen molar-refractivity contribution in [1.82, 2.24) is 9.55 Å². The van der Waals surface area contributed by atoms with Crippen molar-refractivity contribution in [3.05, 3.63) is 46.8 Å². The van der Waals surface area contributed by atoms with Gasteiger partial charge in [0.25, 0.3) is 5.69 Å². The molecule has 2 heterocycles. The van der Waals surface area contributed by atoms with Crippen molar-refractivity contribution < 1.29 is 9.66 Å². The van der Waals surface area contributed by atoms with Crippen LogP contribution in [0.25, 0.3) is 0 Å². The molecule has 1 fully saturated rings. The molecule has 1 aromatic heterocycles. The van der Waals surface area contributed by atoms with E-state index in [2.05, 4.69) is 11.9 Å². The van der Waals surface area contributed by atoms with Crippen molar-refractivity contribution in [3.8, 4) is 0 Å². The predicted molar refractivity (Wildman–Crippen MR) is 73.8 cm³/mol. The van der Waals surface area contributed by atoms with Crippen LogP contribution in [0, 0.1) is 10.1 Å². The molecule has 6 nitrogen and oxygen atoms in total. The van der Waals surface area contributed by atoms with Crippen LogP contribution in [0.4, 0.5) is 5.69 Å². The molecule has 0 spiro atoms. The largest absolute Gasteiger partial charge is 0.368 e. The van der Waals surface area contributed by atoms with E-state index in [9.17, 15) is 10.1 Å². The lowest BCUT2D eigenvalue weighted by Gasteiger charge is -2.09. The van der Waals surface area contributed by atoms with Crippen LogP contribution >= 0.6 is 11.8 Å². The van der Waals surface area contributed by atoms with Gasteiger partial charge in [-0.2, -0.15) is 0 Å². The van der Waals surface area contributed by atoms with Gasteiger partial charge in [0.05, 0.1) is 18.1 Å². The molecular formula is C13H13N3O3S. The van der Waals surface area contributed by atoms with Crippen LogP contribution in [0.2, 0.25) is 0 Å². The summed E-state index contributed by atoms with van der Waals surface area (Å²) in [7, 11) is 0. The summed E-state index contributed by atoms with van der Waals surface area (Å²) in [4.78, 5) is 15.5. The van der Waals surface area contributed by atoms with Crippen LogP contribution in [-0.2, 0) is 11.3 Å². The molecular weight excluding hydrogens is 278 g/mol. The van der Waals surface area contributed by atoms with Crippen molar-refractivity contribution in [1.29, 1.82) is 0 Å². The van der Waals surface area contributed by atoms with E-state index in [4.69, 9.17) is 4.74 Å². The van der Waals surface area contributed by atoms with Gasteiger partial charge in [0.2, 0.25) is 0 Å². The maximum absolute atomic E-state index is 10.6. The lowest BCUT2D eigenvalue weighted by Crippen LogP contribution is -2.15. The smallest absolute Gasteiger partial charge is 0.269 e. The van der Waals surface area contributed by atoms with E-state index in [0.29, 0.717) is 0 Å². The summed E-state index contributed by atoms with van der Waals surface area (Å²) in [5, 5.41) is 11.5. The van der Waals surface area contributed by atoms with Gasteiger partial charge in [-0.15, -0.1) is 0 Å². The average Bonchev–Trinajstić information content (AvgIpc) is 2.99. The van der Waals surface area contributed by atoms with Gasteiger partial charge in [0.1, 0.15) is 5.60 Å². The van der Waals surface area contributed by atoms with E-state index >= 15 is 0 Å². The number of nitrogens with zero attached hydrogens (tertiary/aromatic N) is 3. The van der Waals surface area contributed by atoms with Crippen LogP contribution in [-0.4, -0.2) is 26.7 Å². The Morgan fingerprint density at radius 3 is 2.80 bits per heavy atom. The van der Waals surface area contributed by atoms with Crippen LogP contribution in [0.3, 0.4) is 0 Å². The first-order valence-corrected chi connectivity index (χ1v) is 6.95. The summed E-state index contributed by atoms with van der Waals surface area (Å²) < 4.78 is 7.42. The third-order valence-corrected chi connectivity index (χ3v) is 4.11. The number of imidazole rings is 1. The maximum atomic E-state index is 10.6. The highest BCUT2D eigenvalue weighted by Gasteiger charge is 2.39. The Morgan fingerprint density at radius 2 is 2.20 bits per heavy atom. The molecule has 0 saturated carbocycles. The fourth-order valence-electron chi connectivity index (χ4n) is 1.84. The van der Waals surface area contributed by atoms with Crippen LogP contribution in [0.15, 0.2) is 46.7 Å². The number of aromatic nitrogens is 2. The Labute approximate surface area is 119 Å². The Hall–Kier alpha value is -1.86. The lowest BCUT2D eigenvalue weighted by molar-refractivity contribution is -0.384. The van der Waals surface area contributed by atoms with Gasteiger partial charge in [0.15, 0.2) is 5.16 Å². The minimum absolute atomic E-state index is 0.0779. The van der Waals surface area contributed by atoms with Gasteiger partial charge >= 0.3 is 0 Å². The molecule has 0 amide bonds. The van der Waals surface area contributed by atoms with Crippen LogP contribution in [0.5, 0.6) is 0 Å². The monoisotopic (exact) mass is 291 g/mol. The minimum Gasteiger partial charge on any atom is -0.368 e. The molecule has 0 N–H and O–H groups in total. The zero-order valence-electron chi connectivity index (χ0n) is 10.9. The van der Waals surface area contributed by atoms with Crippen molar-refractivity contribution in [2.75, 3.05) is 6.61 Å². The molecule has 1 aliphatic heterocycles. The summed E-state index contributed by atoms with van der Waals surface area (Å²) in [6, 6.07) is 6.47. The second kappa shape index (κ2) is 4.92. The molecule has 7 heteroatoms. The van der Waals surface area contributed by atoms with Gasteiger partial charge in [-0.05, 0) is 19.1 Å². The molecule has 1 aliphatic rings. The normalized spacial score (nSPS) is 20.9. The van der Waals surface area contributed by atoms with Gasteiger partial charge in [-0.3, -0.25) is 10.1 Å². The summed E-state index contributed by atoms with van der Waals surface area (Å²) >= 11 is 1.48. The number of ether oxygens (including phenoxy) is 1. The van der Waals surface area contributed by atoms with E-state index in [1.165, 1.54) is 23.9 Å². The molecule has 3 rings (SSSR count). The third-order valence-electron chi connectivity index (χ3n) is 3.08. The third kappa shape index (κ3) is 2.83. The summed E-state index contributed by atoms with van der Waals surface area (Å²) in [6.45, 7) is 3.60. The second-order valence-corrected chi connectivity index (χ2v) is 5.97. The van der Waals surface area contributed by atoms with Crippen molar-refractivity contribution in [3.63, 3.8) is 0 Å². The molecule has 1 aromatic carbocycles. The van der Waals surface area contributed by atoms with Crippen LogP contribution in [0.1, 0.15) is 6.92 Å². The Morgan fingerprint density at radius 1 is 1.50 bits per heavy atom. The highest BCUT2D eigenvalue weighted by atomic mass is 32.2. The van der Waals surface area contributed by atoms with Crippen molar-refractivity contribution >= 4 is 17.4 Å². The first kappa shape index (κ1) is 13.1. The molecule has 0 bridgehead atoms. The highest BCUT2D eigenvalue weighted by Crippen LogP contribution is 2.32. The summed E-state index contributed by atoms with van der Waals surface area (Å²) in [5.74, 6) is 0. The van der Waals surface area contributed by atoms with E-state index < -0.39 is 4.92 Å². The Bertz CT molecular complexity index is 635. The number of benzene rings is 1. The van der Waals surface area contributed by atoms with Gasteiger partial charge in [-0.1, -0.05) is 11.8 Å². The zero-order chi connectivity index (χ0) is 14.2. The number of rotatable bonds is 5. The standard InChI is InChI=1S/C13H13N3O3S/c1-13(9-19-13)8-15-7-6-14-12(15)20-11-4-2-10(3-5-11)16(17)18/h2-7H,8-9H2,1H3/t13-/m1/s1. The van der Waals surface area contributed by atoms with E-state index in [0.717, 1.165) is 23.2 Å². The quantitative estimate of drug-likeness (QED) is 0.481. The van der Waals surface area contributed by atoms with Gasteiger partial charge in [0, 0.05) is 29.4 Å². The topological polar surface area (TPSA) is 73.5 Å². The molecule has 1 saturated heterocycles. The SMILES string of the molecule is C[C@@]1(Cn2ccnc2Sc2ccc([N+](=O)[O-])cc2)CO1. The van der Waals surface area contributed by atoms with Crippen molar-refractivity contribution in [2.45, 2.75) is 29.1 Å². The Balaban J connectivity index is 1.74. The maximum Gasteiger partial charge on any atom is 0.269 e. The summed E-state index contributed by atoms with van der Waals surface area (Å²) in [6.07, 6.45) is 3.67. The van der Waals surface area contributed by atoms with Gasteiger partial charge < -0.3 is 9.30 Å². The first-order chi connectivity index (χ1) is 9.56. The average molecular weight is 291 g/mol. The number of nitro benzene ring substituents is 1. The van der Waals surface area contributed by atoms with E-state index in [1.54, 1.807) is 18.3 Å². The number of nitro groups is 1. The fraction of sp³-hybridized carbons (Fsp3) is 0.308. The lowest BCUT2D eigenvalue weighted by atomic mass is 10.2. The molecule has 0 radical (unpaired) electrons. The number of hydrogen-bond donors (Lipinski definition) is 0. The number of non-ortho nitro benzene ring substituents is 1. The first-order valence-electron chi connectivity index (χ1n) is 6.13.